The third kappa shape index (κ3) is 4.39. The van der Waals surface area contributed by atoms with Crippen LogP contribution in [0.2, 0.25) is 0 Å². The Morgan fingerprint density at radius 1 is 0.962 bits per heavy atom. The Kier molecular flexibility index (Phi) is 5.84. The molecular weight excluding hydrogens is 316 g/mol. The molecule has 2 nitrogen and oxygen atoms in total. The van der Waals surface area contributed by atoms with Crippen LogP contribution in [-0.4, -0.2) is 6.54 Å². The first-order valence-corrected chi connectivity index (χ1v) is 8.65. The van der Waals surface area contributed by atoms with Crippen molar-refractivity contribution in [2.75, 3.05) is 6.54 Å². The molecule has 0 saturated carbocycles. The zero-order valence-corrected chi connectivity index (χ0v) is 14.7. The highest BCUT2D eigenvalue weighted by molar-refractivity contribution is 5.86. The first kappa shape index (κ1) is 17.5. The van der Waals surface area contributed by atoms with E-state index in [0.717, 1.165) is 12.1 Å². The third-order valence-corrected chi connectivity index (χ3v) is 4.26. The minimum atomic E-state index is 0.261. The zero-order chi connectivity index (χ0) is 18.2. The Bertz CT molecular complexity index is 1010. The van der Waals surface area contributed by atoms with Crippen molar-refractivity contribution in [3.63, 3.8) is 0 Å². The smallest absolute Gasteiger partial charge is 0.0991 e. The Labute approximate surface area is 154 Å². The number of nitrogens with one attached hydrogen (secondary N) is 1. The molecule has 0 heterocycles. The van der Waals surface area contributed by atoms with Gasteiger partial charge in [0.1, 0.15) is 0 Å². The van der Waals surface area contributed by atoms with E-state index >= 15 is 0 Å². The molecule has 3 rings (SSSR count). The van der Waals surface area contributed by atoms with Gasteiger partial charge in [-0.2, -0.15) is 5.26 Å². The van der Waals surface area contributed by atoms with Crippen molar-refractivity contribution in [1.29, 1.82) is 5.26 Å². The standard InChI is InChI=1S/C24H20N2/c1-19(23-12-7-10-22-9-4-5-11-24(22)23)26-17-6-2-3-8-20-13-15-21(18-25)16-14-20/h2,4-7,9-16,19,26H,17H2,1H3/b6-2+. The average Bonchev–Trinajstić information content (AvgIpc) is 2.70. The van der Waals surface area contributed by atoms with E-state index in [-0.39, 0.29) is 6.04 Å². The molecule has 3 aromatic rings. The normalized spacial score (nSPS) is 11.7. The maximum atomic E-state index is 8.78. The molecule has 0 fully saturated rings. The quantitative estimate of drug-likeness (QED) is 0.683. The summed E-state index contributed by atoms with van der Waals surface area (Å²) < 4.78 is 0. The summed E-state index contributed by atoms with van der Waals surface area (Å²) in [5.41, 5.74) is 2.86. The Balaban J connectivity index is 1.56. The highest BCUT2D eigenvalue weighted by Gasteiger charge is 2.07. The van der Waals surface area contributed by atoms with Crippen LogP contribution in [0.15, 0.2) is 78.9 Å². The molecule has 0 aliphatic heterocycles. The molecule has 0 bridgehead atoms. The number of hydrogen-bond acceptors (Lipinski definition) is 2. The average molecular weight is 336 g/mol. The van der Waals surface area contributed by atoms with Gasteiger partial charge in [-0.25, -0.2) is 0 Å². The van der Waals surface area contributed by atoms with Crippen molar-refractivity contribution in [3.8, 4) is 17.9 Å². The Hall–Kier alpha value is -3.33. The van der Waals surface area contributed by atoms with Crippen molar-refractivity contribution < 1.29 is 0 Å². The third-order valence-electron chi connectivity index (χ3n) is 4.26. The Morgan fingerprint density at radius 3 is 2.50 bits per heavy atom. The number of nitriles is 1. The minimum absolute atomic E-state index is 0.261. The van der Waals surface area contributed by atoms with Gasteiger partial charge in [0.15, 0.2) is 0 Å². The number of fused-ring (bicyclic) bond motifs is 1. The first-order chi connectivity index (χ1) is 12.8. The van der Waals surface area contributed by atoms with Crippen molar-refractivity contribution in [2.45, 2.75) is 13.0 Å². The van der Waals surface area contributed by atoms with Crippen LogP contribution in [0.25, 0.3) is 10.8 Å². The van der Waals surface area contributed by atoms with Crippen LogP contribution in [-0.2, 0) is 0 Å². The summed E-state index contributed by atoms with van der Waals surface area (Å²) in [6.07, 6.45) is 3.89. The molecular formula is C24H20N2. The SMILES string of the molecule is CC(NC/C=C/C#Cc1ccc(C#N)cc1)c1cccc2ccccc12. The molecule has 0 spiro atoms. The van der Waals surface area contributed by atoms with Crippen molar-refractivity contribution in [3.05, 3.63) is 95.6 Å². The van der Waals surface area contributed by atoms with Crippen LogP contribution in [0.3, 0.4) is 0 Å². The van der Waals surface area contributed by atoms with E-state index in [9.17, 15) is 0 Å². The number of rotatable bonds is 4. The number of hydrogen-bond donors (Lipinski definition) is 1. The fourth-order valence-corrected chi connectivity index (χ4v) is 2.85. The lowest BCUT2D eigenvalue weighted by Gasteiger charge is -2.15. The molecule has 1 atom stereocenters. The summed E-state index contributed by atoms with van der Waals surface area (Å²) in [6, 6.07) is 24.5. The fourth-order valence-electron chi connectivity index (χ4n) is 2.85. The van der Waals surface area contributed by atoms with Gasteiger partial charge in [-0.15, -0.1) is 0 Å². The van der Waals surface area contributed by atoms with Gasteiger partial charge in [0.2, 0.25) is 0 Å². The van der Waals surface area contributed by atoms with Crippen molar-refractivity contribution >= 4 is 10.8 Å². The minimum Gasteiger partial charge on any atom is -0.307 e. The molecule has 0 radical (unpaired) electrons. The molecule has 0 aliphatic carbocycles. The largest absolute Gasteiger partial charge is 0.307 e. The van der Waals surface area contributed by atoms with E-state index in [0.29, 0.717) is 5.56 Å². The maximum Gasteiger partial charge on any atom is 0.0991 e. The topological polar surface area (TPSA) is 35.8 Å². The molecule has 0 amide bonds. The van der Waals surface area contributed by atoms with Crippen LogP contribution < -0.4 is 5.32 Å². The second-order valence-electron chi connectivity index (χ2n) is 6.06. The van der Waals surface area contributed by atoms with Crippen LogP contribution in [0.4, 0.5) is 0 Å². The lowest BCUT2D eigenvalue weighted by atomic mass is 10.00. The molecule has 1 N–H and O–H groups in total. The molecule has 3 aromatic carbocycles. The van der Waals surface area contributed by atoms with Gasteiger partial charge in [0, 0.05) is 18.2 Å². The highest BCUT2D eigenvalue weighted by atomic mass is 14.9. The van der Waals surface area contributed by atoms with E-state index in [1.165, 1.54) is 16.3 Å². The van der Waals surface area contributed by atoms with Gasteiger partial charge in [0.05, 0.1) is 11.6 Å². The van der Waals surface area contributed by atoms with Crippen molar-refractivity contribution in [1.82, 2.24) is 5.32 Å². The van der Waals surface area contributed by atoms with Gasteiger partial charge in [0.25, 0.3) is 0 Å². The lowest BCUT2D eigenvalue weighted by Crippen LogP contribution is -2.18. The van der Waals surface area contributed by atoms with Crippen molar-refractivity contribution in [2.24, 2.45) is 0 Å². The molecule has 0 aromatic heterocycles. The Morgan fingerprint density at radius 2 is 1.69 bits per heavy atom. The van der Waals surface area contributed by atoms with Gasteiger partial charge < -0.3 is 5.32 Å². The van der Waals surface area contributed by atoms with Gasteiger partial charge in [-0.05, 0) is 53.6 Å². The van der Waals surface area contributed by atoms with Gasteiger partial charge in [-0.3, -0.25) is 0 Å². The van der Waals surface area contributed by atoms with Crippen LogP contribution in [0, 0.1) is 23.2 Å². The second kappa shape index (κ2) is 8.67. The van der Waals surface area contributed by atoms with E-state index in [1.54, 1.807) is 12.1 Å². The van der Waals surface area contributed by atoms with Crippen LogP contribution in [0.1, 0.15) is 29.7 Å². The van der Waals surface area contributed by atoms with E-state index in [4.69, 9.17) is 5.26 Å². The monoisotopic (exact) mass is 336 g/mol. The molecule has 1 unspecified atom stereocenters. The number of nitrogens with zero attached hydrogens (tertiary/aromatic N) is 1. The molecule has 26 heavy (non-hydrogen) atoms. The summed E-state index contributed by atoms with van der Waals surface area (Å²) in [5, 5.41) is 14.9. The number of benzene rings is 3. The van der Waals surface area contributed by atoms with E-state index < -0.39 is 0 Å². The van der Waals surface area contributed by atoms with Crippen LogP contribution in [0.5, 0.6) is 0 Å². The highest BCUT2D eigenvalue weighted by Crippen LogP contribution is 2.23. The molecule has 0 aliphatic rings. The lowest BCUT2D eigenvalue weighted by molar-refractivity contribution is 0.621. The van der Waals surface area contributed by atoms with Gasteiger partial charge >= 0.3 is 0 Å². The van der Waals surface area contributed by atoms with Gasteiger partial charge in [-0.1, -0.05) is 60.4 Å². The summed E-state index contributed by atoms with van der Waals surface area (Å²) in [6.45, 7) is 2.93. The fraction of sp³-hybridized carbons (Fsp3) is 0.125. The second-order valence-corrected chi connectivity index (χ2v) is 6.06. The number of allylic oxidation sites excluding steroid dienone is 1. The summed E-state index contributed by atoms with van der Waals surface area (Å²) >= 11 is 0. The summed E-state index contributed by atoms with van der Waals surface area (Å²) in [5.74, 6) is 6.09. The maximum absolute atomic E-state index is 8.78. The predicted octanol–water partition coefficient (Wildman–Crippen LogP) is 4.97. The summed E-state index contributed by atoms with van der Waals surface area (Å²) in [4.78, 5) is 0. The van der Waals surface area contributed by atoms with E-state index in [2.05, 4.69) is 72.6 Å². The summed E-state index contributed by atoms with van der Waals surface area (Å²) in [7, 11) is 0. The van der Waals surface area contributed by atoms with Crippen LogP contribution >= 0.6 is 0 Å². The predicted molar refractivity (Wildman–Crippen MR) is 108 cm³/mol. The molecule has 0 saturated heterocycles. The molecule has 2 heteroatoms. The first-order valence-electron chi connectivity index (χ1n) is 8.65. The zero-order valence-electron chi connectivity index (χ0n) is 14.7. The molecule has 126 valence electrons. The van der Waals surface area contributed by atoms with E-state index in [1.807, 2.05) is 24.3 Å².